The zero-order chi connectivity index (χ0) is 18.9. The van der Waals surface area contributed by atoms with Crippen LogP contribution in [-0.2, 0) is 9.53 Å². The van der Waals surface area contributed by atoms with E-state index in [9.17, 15) is 4.79 Å². The molecule has 0 atom stereocenters. The van der Waals surface area contributed by atoms with Gasteiger partial charge in [0.05, 0.1) is 6.61 Å². The Bertz CT molecular complexity index is 212. The Morgan fingerprint density at radius 2 is 1.04 bits per heavy atom. The average molecular weight is 366 g/mol. The van der Waals surface area contributed by atoms with Crippen molar-refractivity contribution in [3.8, 4) is 0 Å². The van der Waals surface area contributed by atoms with Crippen LogP contribution >= 0.6 is 0 Å². The van der Waals surface area contributed by atoms with Gasteiger partial charge in [0.1, 0.15) is 0 Å². The van der Waals surface area contributed by atoms with Gasteiger partial charge in [-0.3, -0.25) is 4.79 Å². The zero-order valence-corrected chi connectivity index (χ0v) is 17.5. The number of esters is 1. The largest absolute Gasteiger partial charge is 0.466 e. The molecule has 0 aromatic carbocycles. The van der Waals surface area contributed by atoms with Crippen LogP contribution in [0.3, 0.4) is 0 Å². The van der Waals surface area contributed by atoms with E-state index in [0.29, 0.717) is 13.0 Å². The van der Waals surface area contributed by atoms with Crippen LogP contribution in [-0.4, -0.2) is 36.0 Å². The number of rotatable bonds is 13. The molecule has 0 aromatic rings. The number of aliphatic hydroxyl groups is 2. The molecule has 0 aliphatic rings. The highest BCUT2D eigenvalue weighted by Gasteiger charge is 2.01. The van der Waals surface area contributed by atoms with Crippen molar-refractivity contribution in [3.05, 3.63) is 0 Å². The molecule has 156 valence electrons. The highest BCUT2D eigenvalue weighted by molar-refractivity contribution is 5.69. The van der Waals surface area contributed by atoms with Crippen LogP contribution < -0.4 is 6.15 Å². The van der Waals surface area contributed by atoms with E-state index in [2.05, 4.69) is 13.8 Å². The SMILES string of the molecule is CCCCCCCCCCCC(=O)OCCCC.CCO.CCO.N. The van der Waals surface area contributed by atoms with Crippen molar-refractivity contribution < 1.29 is 19.7 Å². The van der Waals surface area contributed by atoms with Gasteiger partial charge in [0, 0.05) is 19.6 Å². The summed E-state index contributed by atoms with van der Waals surface area (Å²) in [4.78, 5) is 11.3. The molecule has 0 fully saturated rings. The molecule has 0 aromatic heterocycles. The second-order valence-electron chi connectivity index (χ2n) is 5.78. The molecule has 0 amide bonds. The van der Waals surface area contributed by atoms with E-state index < -0.39 is 0 Å². The van der Waals surface area contributed by atoms with Gasteiger partial charge in [-0.05, 0) is 26.7 Å². The molecule has 0 aliphatic heterocycles. The highest BCUT2D eigenvalue weighted by Crippen LogP contribution is 2.10. The Hall–Kier alpha value is -0.650. The van der Waals surface area contributed by atoms with Gasteiger partial charge in [-0.15, -0.1) is 0 Å². The third kappa shape index (κ3) is 45.2. The van der Waals surface area contributed by atoms with E-state index in [1.165, 1.54) is 51.4 Å². The first-order valence-electron chi connectivity index (χ1n) is 10.0. The molecular weight excluding hydrogens is 318 g/mol. The molecule has 0 saturated heterocycles. The molecule has 5 nitrogen and oxygen atoms in total. The van der Waals surface area contributed by atoms with Crippen LogP contribution in [0.1, 0.15) is 105 Å². The van der Waals surface area contributed by atoms with Gasteiger partial charge in [0.2, 0.25) is 0 Å². The summed E-state index contributed by atoms with van der Waals surface area (Å²) in [5.74, 6) is -0.00797. The smallest absolute Gasteiger partial charge is 0.305 e. The lowest BCUT2D eigenvalue weighted by Gasteiger charge is -2.04. The van der Waals surface area contributed by atoms with Crippen LogP contribution in [0.4, 0.5) is 0 Å². The molecule has 5 N–H and O–H groups in total. The first kappa shape index (κ1) is 32.1. The molecule has 0 spiro atoms. The van der Waals surface area contributed by atoms with Gasteiger partial charge >= 0.3 is 5.97 Å². The summed E-state index contributed by atoms with van der Waals surface area (Å²) < 4.78 is 5.12. The Morgan fingerprint density at radius 1 is 0.680 bits per heavy atom. The van der Waals surface area contributed by atoms with E-state index >= 15 is 0 Å². The number of ether oxygens (including phenoxy) is 1. The number of hydrogen-bond acceptors (Lipinski definition) is 5. The van der Waals surface area contributed by atoms with Crippen LogP contribution in [0, 0.1) is 0 Å². The number of unbranched alkanes of at least 4 members (excludes halogenated alkanes) is 9. The number of aliphatic hydroxyl groups excluding tert-OH is 2. The van der Waals surface area contributed by atoms with Gasteiger partial charge in [0.25, 0.3) is 0 Å². The van der Waals surface area contributed by atoms with E-state index in [1.807, 2.05) is 0 Å². The number of carbonyl (C=O) groups excluding carboxylic acids is 1. The molecule has 25 heavy (non-hydrogen) atoms. The van der Waals surface area contributed by atoms with Crippen molar-refractivity contribution in [1.82, 2.24) is 6.15 Å². The summed E-state index contributed by atoms with van der Waals surface area (Å²) in [6.45, 7) is 8.82. The Morgan fingerprint density at radius 3 is 1.44 bits per heavy atom. The lowest BCUT2D eigenvalue weighted by molar-refractivity contribution is -0.143. The first-order valence-corrected chi connectivity index (χ1v) is 10.0. The van der Waals surface area contributed by atoms with Gasteiger partial charge in [0.15, 0.2) is 0 Å². The van der Waals surface area contributed by atoms with Crippen LogP contribution in [0.25, 0.3) is 0 Å². The number of carbonyl (C=O) groups is 1. The average Bonchev–Trinajstić information content (AvgIpc) is 2.55. The lowest BCUT2D eigenvalue weighted by atomic mass is 10.1. The fourth-order valence-corrected chi connectivity index (χ4v) is 1.98. The standard InChI is InChI=1S/C16H32O2.2C2H6O.H3N/c1-3-5-7-8-9-10-11-12-13-14-16(17)18-15-6-4-2;2*1-2-3;/h3-15H2,1-2H3;2*3H,2H2,1H3;1H3. The summed E-state index contributed by atoms with van der Waals surface area (Å²) in [7, 11) is 0. The molecule has 0 heterocycles. The molecule has 5 heteroatoms. The molecule has 0 rings (SSSR count). The van der Waals surface area contributed by atoms with Crippen molar-refractivity contribution in [1.29, 1.82) is 0 Å². The van der Waals surface area contributed by atoms with Crippen LogP contribution in [0.5, 0.6) is 0 Å². The summed E-state index contributed by atoms with van der Waals surface area (Å²) in [6.07, 6.45) is 14.3. The van der Waals surface area contributed by atoms with Gasteiger partial charge in [-0.2, -0.15) is 0 Å². The normalized spacial score (nSPS) is 9.04. The maximum absolute atomic E-state index is 11.3. The molecular formula is C20H47NO4. The third-order valence-corrected chi connectivity index (χ3v) is 3.25. The van der Waals surface area contributed by atoms with Crippen LogP contribution in [0.15, 0.2) is 0 Å². The van der Waals surface area contributed by atoms with Crippen LogP contribution in [0.2, 0.25) is 0 Å². The maximum atomic E-state index is 11.3. The molecule has 0 saturated carbocycles. The van der Waals surface area contributed by atoms with Crippen molar-refractivity contribution in [3.63, 3.8) is 0 Å². The predicted octanol–water partition coefficient (Wildman–Crippen LogP) is 5.41. The molecule has 0 radical (unpaired) electrons. The Labute approximate surface area is 157 Å². The second-order valence-corrected chi connectivity index (χ2v) is 5.78. The minimum Gasteiger partial charge on any atom is -0.466 e. The fraction of sp³-hybridized carbons (Fsp3) is 0.950. The second kappa shape index (κ2) is 34.6. The number of hydrogen-bond donors (Lipinski definition) is 3. The van der Waals surface area contributed by atoms with Crippen molar-refractivity contribution >= 4 is 5.97 Å². The summed E-state index contributed by atoms with van der Waals surface area (Å²) in [6, 6.07) is 0. The van der Waals surface area contributed by atoms with Gasteiger partial charge < -0.3 is 21.1 Å². The van der Waals surface area contributed by atoms with Crippen molar-refractivity contribution in [2.75, 3.05) is 19.8 Å². The zero-order valence-electron chi connectivity index (χ0n) is 17.5. The van der Waals surface area contributed by atoms with E-state index in [4.69, 9.17) is 14.9 Å². The fourth-order valence-electron chi connectivity index (χ4n) is 1.98. The molecule has 0 bridgehead atoms. The lowest BCUT2D eigenvalue weighted by Crippen LogP contribution is -2.05. The van der Waals surface area contributed by atoms with E-state index in [1.54, 1.807) is 13.8 Å². The Balaban J connectivity index is -0.000000274. The third-order valence-electron chi connectivity index (χ3n) is 3.25. The molecule has 0 aliphatic carbocycles. The summed E-state index contributed by atoms with van der Waals surface area (Å²) in [5.41, 5.74) is 0. The predicted molar refractivity (Wildman–Crippen MR) is 108 cm³/mol. The Kier molecular flexibility index (Phi) is 44.4. The van der Waals surface area contributed by atoms with E-state index in [-0.39, 0.29) is 25.3 Å². The van der Waals surface area contributed by atoms with E-state index in [0.717, 1.165) is 19.3 Å². The topological polar surface area (TPSA) is 102 Å². The first-order chi connectivity index (χ1) is 11.6. The molecule has 0 unspecified atom stereocenters. The maximum Gasteiger partial charge on any atom is 0.305 e. The minimum atomic E-state index is -0.00797. The summed E-state index contributed by atoms with van der Waals surface area (Å²) >= 11 is 0. The monoisotopic (exact) mass is 365 g/mol. The van der Waals surface area contributed by atoms with Gasteiger partial charge in [-0.1, -0.05) is 71.6 Å². The quantitative estimate of drug-likeness (QED) is 0.299. The van der Waals surface area contributed by atoms with Crippen molar-refractivity contribution in [2.24, 2.45) is 0 Å². The minimum absolute atomic E-state index is 0. The summed E-state index contributed by atoms with van der Waals surface area (Å²) in [5, 5.41) is 15.1. The van der Waals surface area contributed by atoms with Crippen molar-refractivity contribution in [2.45, 2.75) is 105 Å². The van der Waals surface area contributed by atoms with Gasteiger partial charge in [-0.25, -0.2) is 0 Å². The highest BCUT2D eigenvalue weighted by atomic mass is 16.5.